The lowest BCUT2D eigenvalue weighted by atomic mass is 10.1. The van der Waals surface area contributed by atoms with Gasteiger partial charge in [0, 0.05) is 11.8 Å². The van der Waals surface area contributed by atoms with Gasteiger partial charge in [-0.1, -0.05) is 54.1 Å². The quantitative estimate of drug-likeness (QED) is 0.632. The fraction of sp³-hybridized carbons (Fsp3) is 0.0909. The van der Waals surface area contributed by atoms with Gasteiger partial charge in [-0.2, -0.15) is 0 Å². The number of carbonyl (C=O) groups excluding carboxylic acids is 2. The van der Waals surface area contributed by atoms with E-state index in [1.54, 1.807) is 42.5 Å². The Balaban J connectivity index is 1.70. The summed E-state index contributed by atoms with van der Waals surface area (Å²) in [4.78, 5) is 24.7. The van der Waals surface area contributed by atoms with Crippen molar-refractivity contribution in [3.05, 3.63) is 88.9 Å². The Morgan fingerprint density at radius 2 is 1.64 bits per heavy atom. The molecule has 2 N–H and O–H groups in total. The molecule has 0 aliphatic carbocycles. The molecule has 0 unspecified atom stereocenters. The summed E-state index contributed by atoms with van der Waals surface area (Å²) in [6, 6.07) is 21.3. The molecule has 0 saturated carbocycles. The van der Waals surface area contributed by atoms with Gasteiger partial charge < -0.3 is 15.4 Å². The average molecular weight is 395 g/mol. The molecule has 5 nitrogen and oxygen atoms in total. The normalized spacial score (nSPS) is 10.2. The van der Waals surface area contributed by atoms with E-state index in [0.29, 0.717) is 27.7 Å². The Morgan fingerprint density at radius 3 is 2.36 bits per heavy atom. The maximum absolute atomic E-state index is 12.4. The molecule has 0 radical (unpaired) electrons. The molecule has 0 spiro atoms. The highest BCUT2D eigenvalue weighted by atomic mass is 35.5. The van der Waals surface area contributed by atoms with Crippen LogP contribution in [0.25, 0.3) is 0 Å². The van der Waals surface area contributed by atoms with Crippen LogP contribution in [-0.4, -0.2) is 18.9 Å². The molecule has 0 fully saturated rings. The van der Waals surface area contributed by atoms with Crippen LogP contribution >= 0.6 is 11.6 Å². The Kier molecular flexibility index (Phi) is 6.29. The van der Waals surface area contributed by atoms with Gasteiger partial charge >= 0.3 is 0 Å². The molecule has 0 atom stereocenters. The van der Waals surface area contributed by atoms with Gasteiger partial charge in [-0.15, -0.1) is 0 Å². The largest absolute Gasteiger partial charge is 0.494 e. The van der Waals surface area contributed by atoms with Crippen LogP contribution in [-0.2, 0) is 11.2 Å². The molecule has 0 heterocycles. The highest BCUT2D eigenvalue weighted by Crippen LogP contribution is 2.29. The van der Waals surface area contributed by atoms with Crippen LogP contribution in [0.4, 0.5) is 11.4 Å². The van der Waals surface area contributed by atoms with Crippen molar-refractivity contribution in [2.24, 2.45) is 0 Å². The van der Waals surface area contributed by atoms with Gasteiger partial charge in [-0.25, -0.2) is 0 Å². The summed E-state index contributed by atoms with van der Waals surface area (Å²) in [6.45, 7) is 0. The Labute approximate surface area is 168 Å². The van der Waals surface area contributed by atoms with Crippen molar-refractivity contribution in [3.8, 4) is 5.75 Å². The molecule has 3 aromatic carbocycles. The molecular formula is C22H19ClN2O3. The molecule has 0 aliphatic heterocycles. The number of hydrogen-bond acceptors (Lipinski definition) is 3. The summed E-state index contributed by atoms with van der Waals surface area (Å²) in [5.41, 5.74) is 2.35. The predicted molar refractivity (Wildman–Crippen MR) is 111 cm³/mol. The minimum Gasteiger partial charge on any atom is -0.494 e. The highest BCUT2D eigenvalue weighted by Gasteiger charge is 2.13. The summed E-state index contributed by atoms with van der Waals surface area (Å²) in [5.74, 6) is -0.0521. The van der Waals surface area contributed by atoms with Gasteiger partial charge in [0.1, 0.15) is 5.75 Å². The van der Waals surface area contributed by atoms with Crippen LogP contribution in [0.3, 0.4) is 0 Å². The number of nitrogens with one attached hydrogen (secondary N) is 2. The van der Waals surface area contributed by atoms with Crippen LogP contribution in [0.1, 0.15) is 15.9 Å². The number of amides is 2. The molecular weight excluding hydrogens is 376 g/mol. The molecule has 2 amide bonds. The number of carbonyl (C=O) groups is 2. The first-order valence-electron chi connectivity index (χ1n) is 8.64. The summed E-state index contributed by atoms with van der Waals surface area (Å²) < 4.78 is 5.35. The third-order valence-corrected chi connectivity index (χ3v) is 4.39. The highest BCUT2D eigenvalue weighted by molar-refractivity contribution is 6.34. The van der Waals surface area contributed by atoms with Gasteiger partial charge in [0.2, 0.25) is 5.91 Å². The van der Waals surface area contributed by atoms with Crippen molar-refractivity contribution >= 4 is 34.8 Å². The fourth-order valence-electron chi connectivity index (χ4n) is 2.69. The van der Waals surface area contributed by atoms with Gasteiger partial charge in [0.15, 0.2) is 0 Å². The minimum absolute atomic E-state index is 0.138. The van der Waals surface area contributed by atoms with Crippen LogP contribution in [0.2, 0.25) is 5.02 Å². The minimum atomic E-state index is -0.343. The molecule has 0 saturated heterocycles. The maximum Gasteiger partial charge on any atom is 0.257 e. The molecule has 3 aromatic rings. The van der Waals surface area contributed by atoms with Crippen molar-refractivity contribution in [1.82, 2.24) is 0 Å². The Morgan fingerprint density at radius 1 is 0.929 bits per heavy atom. The maximum atomic E-state index is 12.4. The molecule has 0 aliphatic rings. The van der Waals surface area contributed by atoms with E-state index in [1.165, 1.54) is 7.11 Å². The number of halogens is 1. The third-order valence-electron chi connectivity index (χ3n) is 4.06. The number of hydrogen-bond donors (Lipinski definition) is 2. The van der Waals surface area contributed by atoms with E-state index in [9.17, 15) is 9.59 Å². The van der Waals surface area contributed by atoms with E-state index in [0.717, 1.165) is 5.56 Å². The van der Waals surface area contributed by atoms with Crippen LogP contribution < -0.4 is 15.4 Å². The monoisotopic (exact) mass is 394 g/mol. The van der Waals surface area contributed by atoms with Gasteiger partial charge in [0.05, 0.1) is 29.8 Å². The summed E-state index contributed by atoms with van der Waals surface area (Å²) in [6.07, 6.45) is 0.272. The summed E-state index contributed by atoms with van der Waals surface area (Å²) >= 11 is 6.07. The molecule has 6 heteroatoms. The lowest BCUT2D eigenvalue weighted by Crippen LogP contribution is -2.15. The number of anilines is 2. The summed E-state index contributed by atoms with van der Waals surface area (Å²) in [5, 5.41) is 5.98. The van der Waals surface area contributed by atoms with Gasteiger partial charge in [0.25, 0.3) is 5.91 Å². The first-order valence-corrected chi connectivity index (χ1v) is 9.02. The number of ether oxygens (including phenoxy) is 1. The van der Waals surface area contributed by atoms with Crippen LogP contribution in [0, 0.1) is 0 Å². The first-order chi connectivity index (χ1) is 13.6. The fourth-order valence-corrected chi connectivity index (χ4v) is 2.92. The number of methoxy groups -OCH3 is 1. The second kappa shape index (κ2) is 9.06. The van der Waals surface area contributed by atoms with Crippen molar-refractivity contribution in [2.75, 3.05) is 17.7 Å². The third kappa shape index (κ3) is 4.90. The van der Waals surface area contributed by atoms with E-state index in [1.807, 2.05) is 30.3 Å². The lowest BCUT2D eigenvalue weighted by molar-refractivity contribution is -0.115. The van der Waals surface area contributed by atoms with Crippen LogP contribution in [0.15, 0.2) is 72.8 Å². The van der Waals surface area contributed by atoms with Gasteiger partial charge in [-0.3, -0.25) is 9.59 Å². The van der Waals surface area contributed by atoms with E-state index in [4.69, 9.17) is 16.3 Å². The van der Waals surface area contributed by atoms with Crippen molar-refractivity contribution in [2.45, 2.75) is 6.42 Å². The molecule has 28 heavy (non-hydrogen) atoms. The lowest BCUT2D eigenvalue weighted by Gasteiger charge is -2.13. The Bertz CT molecular complexity index is 990. The molecule has 0 aromatic heterocycles. The smallest absolute Gasteiger partial charge is 0.257 e. The second-order valence-corrected chi connectivity index (χ2v) is 6.47. The standard InChI is InChI=1S/C22H19ClN2O3/c1-28-20-14-16(24-21(26)13-15-7-3-2-4-8-15)11-12-19(20)25-22(27)17-9-5-6-10-18(17)23/h2-12,14H,13H2,1H3,(H,24,26)(H,25,27). The topological polar surface area (TPSA) is 67.4 Å². The number of rotatable bonds is 6. The van der Waals surface area contributed by atoms with Gasteiger partial charge in [-0.05, 0) is 29.8 Å². The zero-order chi connectivity index (χ0) is 19.9. The molecule has 3 rings (SSSR count). The SMILES string of the molecule is COc1cc(NC(=O)Cc2ccccc2)ccc1NC(=O)c1ccccc1Cl. The summed E-state index contributed by atoms with van der Waals surface area (Å²) in [7, 11) is 1.50. The zero-order valence-corrected chi connectivity index (χ0v) is 16.0. The van der Waals surface area contributed by atoms with E-state index >= 15 is 0 Å². The number of benzene rings is 3. The average Bonchev–Trinajstić information content (AvgIpc) is 2.70. The Hall–Kier alpha value is -3.31. The zero-order valence-electron chi connectivity index (χ0n) is 15.2. The first kappa shape index (κ1) is 19.5. The van der Waals surface area contributed by atoms with E-state index in [2.05, 4.69) is 10.6 Å². The molecule has 0 bridgehead atoms. The van der Waals surface area contributed by atoms with Crippen molar-refractivity contribution in [1.29, 1.82) is 0 Å². The molecule has 142 valence electrons. The van der Waals surface area contributed by atoms with Crippen LogP contribution in [0.5, 0.6) is 5.75 Å². The van der Waals surface area contributed by atoms with E-state index < -0.39 is 0 Å². The van der Waals surface area contributed by atoms with Crippen molar-refractivity contribution in [3.63, 3.8) is 0 Å². The second-order valence-electron chi connectivity index (χ2n) is 6.06. The van der Waals surface area contributed by atoms with E-state index in [-0.39, 0.29) is 18.2 Å². The van der Waals surface area contributed by atoms with Crippen molar-refractivity contribution < 1.29 is 14.3 Å². The predicted octanol–water partition coefficient (Wildman–Crippen LogP) is 4.78.